The van der Waals surface area contributed by atoms with Crippen molar-refractivity contribution in [2.24, 2.45) is 0 Å². The molecular weight excluding hydrogens is 318 g/mol. The number of carbonyl (C=O) groups excluding carboxylic acids is 3. The van der Waals surface area contributed by atoms with Gasteiger partial charge in [-0.25, -0.2) is 4.98 Å². The van der Waals surface area contributed by atoms with E-state index in [9.17, 15) is 14.4 Å². The highest BCUT2D eigenvalue weighted by Crippen LogP contribution is 2.24. The maximum Gasteiger partial charge on any atom is 0.293 e. The monoisotopic (exact) mass is 337 g/mol. The van der Waals surface area contributed by atoms with Crippen LogP contribution in [0, 0.1) is 0 Å². The van der Waals surface area contributed by atoms with Crippen LogP contribution in [0.2, 0.25) is 0 Å². The average Bonchev–Trinajstić information content (AvgIpc) is 3.13. The SMILES string of the molecule is C[C@H]1CCCN1C(=O)c1csc(C(=O)NC2CC(OC=O)C2)n1. The van der Waals surface area contributed by atoms with Gasteiger partial charge in [-0.2, -0.15) is 0 Å². The van der Waals surface area contributed by atoms with E-state index in [0.29, 0.717) is 30.0 Å². The van der Waals surface area contributed by atoms with Crippen molar-refractivity contribution in [3.05, 3.63) is 16.1 Å². The summed E-state index contributed by atoms with van der Waals surface area (Å²) in [5.74, 6) is -0.383. The molecule has 124 valence electrons. The summed E-state index contributed by atoms with van der Waals surface area (Å²) in [5, 5.41) is 4.77. The molecule has 2 fully saturated rings. The number of carbonyl (C=O) groups is 3. The fraction of sp³-hybridized carbons (Fsp3) is 0.600. The number of hydrogen-bond donors (Lipinski definition) is 1. The molecule has 0 radical (unpaired) electrons. The van der Waals surface area contributed by atoms with Crippen LogP contribution >= 0.6 is 11.3 Å². The van der Waals surface area contributed by atoms with Crippen LogP contribution in [0.5, 0.6) is 0 Å². The molecule has 3 rings (SSSR count). The molecule has 1 N–H and O–H groups in total. The molecule has 7 nitrogen and oxygen atoms in total. The van der Waals surface area contributed by atoms with Gasteiger partial charge in [0.05, 0.1) is 0 Å². The lowest BCUT2D eigenvalue weighted by molar-refractivity contribution is -0.138. The van der Waals surface area contributed by atoms with Crippen LogP contribution in [0.4, 0.5) is 0 Å². The normalized spacial score (nSPS) is 26.5. The predicted molar refractivity (Wildman–Crippen MR) is 83.3 cm³/mol. The lowest BCUT2D eigenvalue weighted by atomic mass is 9.89. The molecule has 0 bridgehead atoms. The number of nitrogens with zero attached hydrogens (tertiary/aromatic N) is 2. The molecule has 0 unspecified atom stereocenters. The average molecular weight is 337 g/mol. The summed E-state index contributed by atoms with van der Waals surface area (Å²) in [6.45, 7) is 3.21. The smallest absolute Gasteiger partial charge is 0.293 e. The lowest BCUT2D eigenvalue weighted by Crippen LogP contribution is -2.47. The minimum atomic E-state index is -0.280. The van der Waals surface area contributed by atoms with Crippen molar-refractivity contribution in [2.75, 3.05) is 6.54 Å². The van der Waals surface area contributed by atoms with Crippen molar-refractivity contribution in [1.29, 1.82) is 0 Å². The highest BCUT2D eigenvalue weighted by atomic mass is 32.1. The molecule has 2 heterocycles. The molecule has 23 heavy (non-hydrogen) atoms. The van der Waals surface area contributed by atoms with Crippen LogP contribution in [-0.4, -0.2) is 52.9 Å². The number of nitrogens with one attached hydrogen (secondary N) is 1. The molecule has 8 heteroatoms. The molecule has 1 aromatic heterocycles. The summed E-state index contributed by atoms with van der Waals surface area (Å²) in [4.78, 5) is 40.7. The minimum Gasteiger partial charge on any atom is -0.464 e. The van der Waals surface area contributed by atoms with E-state index in [-0.39, 0.29) is 30.0 Å². The third-order valence-corrected chi connectivity index (χ3v) is 5.25. The maximum atomic E-state index is 12.4. The first-order valence-electron chi connectivity index (χ1n) is 7.75. The van der Waals surface area contributed by atoms with Gasteiger partial charge in [-0.3, -0.25) is 14.4 Å². The number of rotatable bonds is 5. The Kier molecular flexibility index (Phi) is 4.61. The standard InChI is InChI=1S/C15H19N3O4S/c1-9-3-2-4-18(9)15(21)12-7-23-14(17-12)13(20)16-10-5-11(6-10)22-8-19/h7-11H,2-6H2,1H3,(H,16,20)/t9-,10?,11?/m0/s1. The highest BCUT2D eigenvalue weighted by Gasteiger charge is 2.33. The van der Waals surface area contributed by atoms with Crippen molar-refractivity contribution in [3.63, 3.8) is 0 Å². The van der Waals surface area contributed by atoms with Crippen LogP contribution in [0.25, 0.3) is 0 Å². The van der Waals surface area contributed by atoms with E-state index in [1.165, 1.54) is 11.3 Å². The van der Waals surface area contributed by atoms with Crippen LogP contribution < -0.4 is 5.32 Å². The molecule has 1 aromatic rings. The van der Waals surface area contributed by atoms with Gasteiger partial charge in [-0.15, -0.1) is 11.3 Å². The van der Waals surface area contributed by atoms with Crippen LogP contribution in [0.1, 0.15) is 52.9 Å². The molecule has 0 aromatic carbocycles. The summed E-state index contributed by atoms with van der Waals surface area (Å²) in [5.41, 5.74) is 0.338. The van der Waals surface area contributed by atoms with Crippen molar-refractivity contribution in [3.8, 4) is 0 Å². The second kappa shape index (κ2) is 6.66. The van der Waals surface area contributed by atoms with Crippen molar-refractivity contribution >= 4 is 29.6 Å². The zero-order valence-corrected chi connectivity index (χ0v) is 13.7. The Morgan fingerprint density at radius 1 is 1.48 bits per heavy atom. The first-order valence-corrected chi connectivity index (χ1v) is 8.63. The Bertz CT molecular complexity index is 612. The van der Waals surface area contributed by atoms with E-state index in [2.05, 4.69) is 10.3 Å². The Morgan fingerprint density at radius 2 is 2.26 bits per heavy atom. The van der Waals surface area contributed by atoms with E-state index in [1.807, 2.05) is 11.8 Å². The van der Waals surface area contributed by atoms with E-state index in [1.54, 1.807) is 5.38 Å². The van der Waals surface area contributed by atoms with Gasteiger partial charge in [0.2, 0.25) is 0 Å². The first kappa shape index (κ1) is 15.9. The van der Waals surface area contributed by atoms with Gasteiger partial charge in [0, 0.05) is 36.9 Å². The van der Waals surface area contributed by atoms with Crippen LogP contribution in [0.3, 0.4) is 0 Å². The fourth-order valence-electron chi connectivity index (χ4n) is 2.98. The van der Waals surface area contributed by atoms with Gasteiger partial charge >= 0.3 is 0 Å². The molecule has 0 spiro atoms. The van der Waals surface area contributed by atoms with Crippen molar-refractivity contribution < 1.29 is 19.1 Å². The van der Waals surface area contributed by atoms with E-state index in [4.69, 9.17) is 4.74 Å². The van der Waals surface area contributed by atoms with Gasteiger partial charge in [0.25, 0.3) is 18.3 Å². The second-order valence-electron chi connectivity index (χ2n) is 6.02. The van der Waals surface area contributed by atoms with Crippen LogP contribution in [-0.2, 0) is 9.53 Å². The molecule has 1 atom stereocenters. The predicted octanol–water partition coefficient (Wildman–Crippen LogP) is 1.20. The molecule has 1 aliphatic heterocycles. The molecular formula is C15H19N3O4S. The van der Waals surface area contributed by atoms with Crippen molar-refractivity contribution in [1.82, 2.24) is 15.2 Å². The topological polar surface area (TPSA) is 88.6 Å². The summed E-state index contributed by atoms with van der Waals surface area (Å²) < 4.78 is 4.80. The number of thiazole rings is 1. The van der Waals surface area contributed by atoms with Gasteiger partial charge in [0.1, 0.15) is 11.8 Å². The van der Waals surface area contributed by atoms with Crippen molar-refractivity contribution in [2.45, 2.75) is 50.8 Å². The maximum absolute atomic E-state index is 12.4. The second-order valence-corrected chi connectivity index (χ2v) is 6.88. The molecule has 2 aliphatic rings. The van der Waals surface area contributed by atoms with Crippen LogP contribution in [0.15, 0.2) is 5.38 Å². The Labute approximate surface area is 138 Å². The lowest BCUT2D eigenvalue weighted by Gasteiger charge is -2.33. The summed E-state index contributed by atoms with van der Waals surface area (Å²) in [7, 11) is 0. The van der Waals surface area contributed by atoms with Gasteiger partial charge in [0.15, 0.2) is 5.01 Å². The molecule has 1 aliphatic carbocycles. The van der Waals surface area contributed by atoms with Gasteiger partial charge in [-0.05, 0) is 19.8 Å². The van der Waals surface area contributed by atoms with E-state index < -0.39 is 0 Å². The third kappa shape index (κ3) is 3.36. The fourth-order valence-corrected chi connectivity index (χ4v) is 3.67. The Hall–Kier alpha value is -1.96. The summed E-state index contributed by atoms with van der Waals surface area (Å²) in [6, 6.07) is 0.223. The zero-order valence-electron chi connectivity index (χ0n) is 12.9. The van der Waals surface area contributed by atoms with Gasteiger partial charge < -0.3 is 15.0 Å². The van der Waals surface area contributed by atoms with E-state index in [0.717, 1.165) is 19.4 Å². The number of amides is 2. The largest absolute Gasteiger partial charge is 0.464 e. The van der Waals surface area contributed by atoms with Gasteiger partial charge in [-0.1, -0.05) is 0 Å². The Balaban J connectivity index is 1.55. The number of hydrogen-bond acceptors (Lipinski definition) is 6. The number of aromatic nitrogens is 1. The quantitative estimate of drug-likeness (QED) is 0.816. The Morgan fingerprint density at radius 3 is 2.91 bits per heavy atom. The summed E-state index contributed by atoms with van der Waals surface area (Å²) >= 11 is 1.18. The molecule has 2 amide bonds. The first-order chi connectivity index (χ1) is 11.1. The number of likely N-dealkylation sites (tertiary alicyclic amines) is 1. The highest BCUT2D eigenvalue weighted by molar-refractivity contribution is 7.11. The molecule has 1 saturated carbocycles. The summed E-state index contributed by atoms with van der Waals surface area (Å²) in [6.07, 6.45) is 3.15. The van der Waals surface area contributed by atoms with E-state index >= 15 is 0 Å². The molecule has 1 saturated heterocycles. The zero-order chi connectivity index (χ0) is 16.4. The third-order valence-electron chi connectivity index (χ3n) is 4.41. The minimum absolute atomic E-state index is 0.00546. The number of ether oxygens (including phenoxy) is 1.